The summed E-state index contributed by atoms with van der Waals surface area (Å²) in [6.45, 7) is 12.3. The van der Waals surface area contributed by atoms with Gasteiger partial charge in [0.25, 0.3) is 5.56 Å². The minimum Gasteiger partial charge on any atom is -0.302 e. The van der Waals surface area contributed by atoms with Gasteiger partial charge >= 0.3 is 0 Å². The van der Waals surface area contributed by atoms with Gasteiger partial charge < -0.3 is 4.90 Å². The third kappa shape index (κ3) is 2.96. The van der Waals surface area contributed by atoms with Crippen LogP contribution < -0.4 is 5.56 Å². The molecule has 23 heavy (non-hydrogen) atoms. The highest BCUT2D eigenvalue weighted by atomic mass is 32.1. The Labute approximate surface area is 142 Å². The number of fused-ring (bicyclic) bond motifs is 3. The van der Waals surface area contributed by atoms with Gasteiger partial charge in [0.15, 0.2) is 0 Å². The standard InChI is InChI=1S/C18H27N3OS/c1-5-20(6-2)10-11-21-16(12(3)4)19-17-15(18(21)22)13-8-7-9-14(13)23-17/h12H,5-11H2,1-4H3. The Morgan fingerprint density at radius 1 is 1.26 bits per heavy atom. The summed E-state index contributed by atoms with van der Waals surface area (Å²) in [4.78, 5) is 22.8. The van der Waals surface area contributed by atoms with Crippen LogP contribution in [0.1, 0.15) is 56.3 Å². The van der Waals surface area contributed by atoms with Gasteiger partial charge in [0, 0.05) is 23.9 Å². The summed E-state index contributed by atoms with van der Waals surface area (Å²) in [6.07, 6.45) is 3.34. The van der Waals surface area contributed by atoms with Crippen LogP contribution >= 0.6 is 11.3 Å². The number of thiophene rings is 1. The molecule has 0 saturated heterocycles. The third-order valence-corrected chi connectivity index (χ3v) is 6.09. The second kappa shape index (κ2) is 6.73. The highest BCUT2D eigenvalue weighted by Crippen LogP contribution is 2.35. The molecule has 126 valence electrons. The molecule has 3 rings (SSSR count). The van der Waals surface area contributed by atoms with Crippen LogP contribution in [0.25, 0.3) is 10.2 Å². The molecule has 2 heterocycles. The van der Waals surface area contributed by atoms with E-state index in [4.69, 9.17) is 4.98 Å². The quantitative estimate of drug-likeness (QED) is 0.813. The van der Waals surface area contributed by atoms with Crippen molar-refractivity contribution in [1.82, 2.24) is 14.5 Å². The van der Waals surface area contributed by atoms with Crippen LogP contribution in [-0.4, -0.2) is 34.1 Å². The van der Waals surface area contributed by atoms with E-state index in [9.17, 15) is 4.79 Å². The number of likely N-dealkylation sites (N-methyl/N-ethyl adjacent to an activating group) is 1. The normalized spacial score (nSPS) is 14.3. The van der Waals surface area contributed by atoms with Crippen LogP contribution in [-0.2, 0) is 19.4 Å². The Kier molecular flexibility index (Phi) is 4.87. The van der Waals surface area contributed by atoms with Gasteiger partial charge in [0.2, 0.25) is 0 Å². The zero-order chi connectivity index (χ0) is 16.6. The molecule has 0 fully saturated rings. The summed E-state index contributed by atoms with van der Waals surface area (Å²) in [5.74, 6) is 1.20. The predicted octanol–water partition coefficient (Wildman–Crippen LogP) is 3.41. The predicted molar refractivity (Wildman–Crippen MR) is 97.8 cm³/mol. The molecule has 0 atom stereocenters. The number of hydrogen-bond donors (Lipinski definition) is 0. The first-order valence-corrected chi connectivity index (χ1v) is 9.65. The van der Waals surface area contributed by atoms with Gasteiger partial charge in [-0.25, -0.2) is 4.98 Å². The fraction of sp³-hybridized carbons (Fsp3) is 0.667. The average molecular weight is 334 g/mol. The largest absolute Gasteiger partial charge is 0.302 e. The molecule has 1 aliphatic carbocycles. The summed E-state index contributed by atoms with van der Waals surface area (Å²) in [6, 6.07) is 0. The van der Waals surface area contributed by atoms with Crippen molar-refractivity contribution in [2.45, 2.75) is 59.4 Å². The second-order valence-electron chi connectivity index (χ2n) is 6.65. The van der Waals surface area contributed by atoms with Gasteiger partial charge in [-0.2, -0.15) is 0 Å². The van der Waals surface area contributed by atoms with Crippen LogP contribution in [0.2, 0.25) is 0 Å². The fourth-order valence-electron chi connectivity index (χ4n) is 3.53. The minimum atomic E-state index is 0.185. The molecule has 0 spiro atoms. The highest BCUT2D eigenvalue weighted by molar-refractivity contribution is 7.18. The van der Waals surface area contributed by atoms with E-state index >= 15 is 0 Å². The van der Waals surface area contributed by atoms with Gasteiger partial charge in [-0.1, -0.05) is 27.7 Å². The van der Waals surface area contributed by atoms with Gasteiger partial charge in [-0.15, -0.1) is 11.3 Å². The first-order chi connectivity index (χ1) is 11.1. The number of hydrogen-bond acceptors (Lipinski definition) is 4. The third-order valence-electron chi connectivity index (χ3n) is 4.91. The van der Waals surface area contributed by atoms with Crippen molar-refractivity contribution in [3.8, 4) is 0 Å². The number of aryl methyl sites for hydroxylation is 2. The van der Waals surface area contributed by atoms with Crippen molar-refractivity contribution in [3.63, 3.8) is 0 Å². The van der Waals surface area contributed by atoms with Crippen LogP contribution in [0.5, 0.6) is 0 Å². The first-order valence-electron chi connectivity index (χ1n) is 8.84. The van der Waals surface area contributed by atoms with E-state index in [1.165, 1.54) is 16.9 Å². The van der Waals surface area contributed by atoms with Crippen molar-refractivity contribution < 1.29 is 0 Å². The van der Waals surface area contributed by atoms with E-state index in [0.717, 1.165) is 55.1 Å². The van der Waals surface area contributed by atoms with E-state index in [0.29, 0.717) is 0 Å². The van der Waals surface area contributed by atoms with Crippen molar-refractivity contribution in [2.24, 2.45) is 0 Å². The van der Waals surface area contributed by atoms with Gasteiger partial charge in [0.1, 0.15) is 10.7 Å². The summed E-state index contributed by atoms with van der Waals surface area (Å²) < 4.78 is 1.94. The number of nitrogens with zero attached hydrogens (tertiary/aromatic N) is 3. The molecule has 1 aliphatic rings. The molecular weight excluding hydrogens is 306 g/mol. The lowest BCUT2D eigenvalue weighted by Crippen LogP contribution is -2.33. The zero-order valence-corrected chi connectivity index (χ0v) is 15.5. The Bertz CT molecular complexity index is 756. The lowest BCUT2D eigenvalue weighted by Gasteiger charge is -2.21. The monoisotopic (exact) mass is 333 g/mol. The Morgan fingerprint density at radius 2 is 2.00 bits per heavy atom. The van der Waals surface area contributed by atoms with Crippen molar-refractivity contribution in [3.05, 3.63) is 26.6 Å². The molecule has 5 heteroatoms. The van der Waals surface area contributed by atoms with Gasteiger partial charge in [0.05, 0.1) is 5.39 Å². The van der Waals surface area contributed by atoms with E-state index < -0.39 is 0 Å². The SMILES string of the molecule is CCN(CC)CCn1c(C(C)C)nc2sc3c(c2c1=O)CCC3. The van der Waals surface area contributed by atoms with E-state index in [-0.39, 0.29) is 11.5 Å². The topological polar surface area (TPSA) is 38.1 Å². The summed E-state index contributed by atoms with van der Waals surface area (Å²) in [5, 5.41) is 0.909. The molecule has 0 bridgehead atoms. The average Bonchev–Trinajstić information content (AvgIpc) is 3.09. The molecule has 4 nitrogen and oxygen atoms in total. The maximum absolute atomic E-state index is 13.2. The number of aromatic nitrogens is 2. The van der Waals surface area contributed by atoms with Crippen LogP contribution in [0.4, 0.5) is 0 Å². The second-order valence-corrected chi connectivity index (χ2v) is 7.73. The molecular formula is C18H27N3OS. The molecule has 2 aromatic heterocycles. The molecule has 0 radical (unpaired) electrons. The fourth-order valence-corrected chi connectivity index (χ4v) is 4.79. The lowest BCUT2D eigenvalue weighted by atomic mass is 10.1. The smallest absolute Gasteiger partial charge is 0.262 e. The maximum Gasteiger partial charge on any atom is 0.262 e. The van der Waals surface area contributed by atoms with Crippen LogP contribution in [0.3, 0.4) is 0 Å². The lowest BCUT2D eigenvalue weighted by molar-refractivity contribution is 0.286. The molecule has 0 unspecified atom stereocenters. The van der Waals surface area contributed by atoms with Crippen molar-refractivity contribution in [1.29, 1.82) is 0 Å². The van der Waals surface area contributed by atoms with Crippen molar-refractivity contribution in [2.75, 3.05) is 19.6 Å². The molecule has 0 saturated carbocycles. The summed E-state index contributed by atoms with van der Waals surface area (Å²) in [5.41, 5.74) is 1.47. The molecule has 0 aromatic carbocycles. The van der Waals surface area contributed by atoms with Gasteiger partial charge in [-0.3, -0.25) is 9.36 Å². The Hall–Kier alpha value is -1.20. The van der Waals surface area contributed by atoms with Crippen LogP contribution in [0.15, 0.2) is 4.79 Å². The van der Waals surface area contributed by atoms with E-state index in [1.807, 2.05) is 4.57 Å². The van der Waals surface area contributed by atoms with Crippen molar-refractivity contribution >= 4 is 21.6 Å². The van der Waals surface area contributed by atoms with E-state index in [2.05, 4.69) is 32.6 Å². The summed E-state index contributed by atoms with van der Waals surface area (Å²) in [7, 11) is 0. The molecule has 0 amide bonds. The first kappa shape index (κ1) is 16.7. The molecule has 0 N–H and O–H groups in total. The molecule has 2 aromatic rings. The van der Waals surface area contributed by atoms with Gasteiger partial charge in [-0.05, 0) is 37.9 Å². The van der Waals surface area contributed by atoms with E-state index in [1.54, 1.807) is 11.3 Å². The molecule has 0 aliphatic heterocycles. The Balaban J connectivity index is 2.08. The summed E-state index contributed by atoms with van der Waals surface area (Å²) >= 11 is 1.74. The van der Waals surface area contributed by atoms with Crippen LogP contribution in [0, 0.1) is 0 Å². The number of rotatable bonds is 6. The minimum absolute atomic E-state index is 0.185. The highest BCUT2D eigenvalue weighted by Gasteiger charge is 2.23. The maximum atomic E-state index is 13.2. The zero-order valence-electron chi connectivity index (χ0n) is 14.7. The Morgan fingerprint density at radius 3 is 2.65 bits per heavy atom.